The second-order valence-electron chi connectivity index (χ2n) is 16.3. The maximum atomic E-state index is 14.2. The smallest absolute Gasteiger partial charge is 0.157 e. The number of halogens is 2. The van der Waals surface area contributed by atoms with Crippen molar-refractivity contribution >= 4 is 51.5 Å². The van der Waals surface area contributed by atoms with E-state index in [0.717, 1.165) is 114 Å². The Hall–Kier alpha value is 0.860. The summed E-state index contributed by atoms with van der Waals surface area (Å²) in [7, 11) is -6.44. The molecule has 0 aliphatic heterocycles. The molecule has 6 rings (SSSR count). The van der Waals surface area contributed by atoms with Crippen LogP contribution in [0.5, 0.6) is 0 Å². The average molecular weight is 781 g/mol. The lowest BCUT2D eigenvalue weighted by Crippen LogP contribution is -2.47. The zero-order chi connectivity index (χ0) is 30.9. The van der Waals surface area contributed by atoms with Gasteiger partial charge in [0.2, 0.25) is 0 Å². The highest BCUT2D eigenvalue weighted by atomic mass is 79.9. The molecule has 6 aliphatic rings. The van der Waals surface area contributed by atoms with Gasteiger partial charge in [0.1, 0.15) is 0 Å². The van der Waals surface area contributed by atoms with Gasteiger partial charge in [0, 0.05) is 9.65 Å². The van der Waals surface area contributed by atoms with Crippen molar-refractivity contribution in [3.63, 3.8) is 0 Å². The van der Waals surface area contributed by atoms with E-state index in [4.69, 9.17) is 0 Å². The summed E-state index contributed by atoms with van der Waals surface area (Å²) < 4.78 is 56.6. The van der Waals surface area contributed by atoms with Crippen LogP contribution in [0.3, 0.4) is 0 Å². The zero-order valence-corrected chi connectivity index (χ0v) is 31.9. The topological polar surface area (TPSA) is 68.3 Å². The van der Waals surface area contributed by atoms with Crippen LogP contribution in [0, 0.1) is 35.5 Å². The molecular formula is C36H60Br2O4S2. The van der Waals surface area contributed by atoms with Crippen molar-refractivity contribution in [2.24, 2.45) is 35.5 Å². The van der Waals surface area contributed by atoms with Crippen molar-refractivity contribution in [1.82, 2.24) is 0 Å². The molecule has 6 unspecified atom stereocenters. The lowest BCUT2D eigenvalue weighted by atomic mass is 9.73. The minimum Gasteiger partial charge on any atom is -0.228 e. The van der Waals surface area contributed by atoms with Gasteiger partial charge in [0.25, 0.3) is 0 Å². The Labute approximate surface area is 286 Å². The van der Waals surface area contributed by atoms with Gasteiger partial charge in [-0.2, -0.15) is 0 Å². The predicted octanol–water partition coefficient (Wildman–Crippen LogP) is 9.96. The van der Waals surface area contributed by atoms with E-state index in [1.165, 1.54) is 64.2 Å². The summed E-state index contributed by atoms with van der Waals surface area (Å²) in [5.41, 5.74) is 0. The molecule has 6 saturated carbocycles. The Balaban J connectivity index is 1.06. The largest absolute Gasteiger partial charge is 0.228 e. The van der Waals surface area contributed by atoms with Crippen molar-refractivity contribution in [1.29, 1.82) is 0 Å². The molecule has 254 valence electrons. The fourth-order valence-corrected chi connectivity index (χ4v) is 19.0. The summed E-state index contributed by atoms with van der Waals surface area (Å²) in [6.07, 6.45) is 26.6. The second kappa shape index (κ2) is 15.2. The van der Waals surface area contributed by atoms with Crippen molar-refractivity contribution in [3.8, 4) is 0 Å². The highest BCUT2D eigenvalue weighted by Crippen LogP contribution is 2.48. The first-order chi connectivity index (χ1) is 21.1. The molecule has 0 aromatic heterocycles. The van der Waals surface area contributed by atoms with Gasteiger partial charge >= 0.3 is 0 Å². The predicted molar refractivity (Wildman–Crippen MR) is 190 cm³/mol. The molecule has 6 fully saturated rings. The average Bonchev–Trinajstić information content (AvgIpc) is 3.06. The molecule has 8 heteroatoms. The monoisotopic (exact) mass is 778 g/mol. The van der Waals surface area contributed by atoms with Crippen LogP contribution in [0.25, 0.3) is 0 Å². The Bertz CT molecular complexity index is 1040. The van der Waals surface area contributed by atoms with Crippen molar-refractivity contribution in [2.45, 2.75) is 185 Å². The fourth-order valence-electron chi connectivity index (χ4n) is 11.3. The molecule has 0 aromatic carbocycles. The van der Waals surface area contributed by atoms with Crippen LogP contribution in [0.15, 0.2) is 0 Å². The third-order valence-electron chi connectivity index (χ3n) is 14.0. The summed E-state index contributed by atoms with van der Waals surface area (Å²) in [6, 6.07) is 0. The first-order valence-electron chi connectivity index (χ1n) is 18.9. The van der Waals surface area contributed by atoms with Crippen LogP contribution in [0.4, 0.5) is 0 Å². The molecule has 6 atom stereocenters. The highest BCUT2D eigenvalue weighted by molar-refractivity contribution is 9.09. The Morgan fingerprint density at radius 1 is 0.341 bits per heavy atom. The Kier molecular flexibility index (Phi) is 12.0. The summed E-state index contributed by atoms with van der Waals surface area (Å²) in [4.78, 5) is 0.0671. The van der Waals surface area contributed by atoms with E-state index in [1.807, 2.05) is 0 Å². The quantitative estimate of drug-likeness (QED) is 0.242. The Morgan fingerprint density at radius 3 is 0.977 bits per heavy atom. The molecule has 0 N–H and O–H groups in total. The Morgan fingerprint density at radius 2 is 0.636 bits per heavy atom. The molecule has 6 aliphatic carbocycles. The molecule has 0 saturated heterocycles. The summed E-state index contributed by atoms with van der Waals surface area (Å²) in [5, 5.41) is -0.990. The number of hydrogen-bond acceptors (Lipinski definition) is 4. The van der Waals surface area contributed by atoms with Gasteiger partial charge in [-0.1, -0.05) is 96.1 Å². The van der Waals surface area contributed by atoms with E-state index in [-0.39, 0.29) is 30.7 Å². The number of alkyl halides is 2. The number of hydrogen-bond donors (Lipinski definition) is 0. The van der Waals surface area contributed by atoms with E-state index < -0.39 is 19.7 Å². The van der Waals surface area contributed by atoms with Gasteiger partial charge in [-0.25, -0.2) is 16.8 Å². The molecule has 0 aromatic rings. The fraction of sp³-hybridized carbons (Fsp3) is 1.00. The molecular weight excluding hydrogens is 720 g/mol. The van der Waals surface area contributed by atoms with E-state index in [9.17, 15) is 16.8 Å². The van der Waals surface area contributed by atoms with E-state index >= 15 is 0 Å². The molecule has 0 bridgehead atoms. The lowest BCUT2D eigenvalue weighted by molar-refractivity contribution is 0.191. The van der Waals surface area contributed by atoms with Gasteiger partial charge in [-0.3, -0.25) is 0 Å². The number of rotatable bonds is 7. The normalized spacial score (nSPS) is 42.6. The molecule has 0 radical (unpaired) electrons. The summed E-state index contributed by atoms with van der Waals surface area (Å²) >= 11 is 7.68. The van der Waals surface area contributed by atoms with Crippen molar-refractivity contribution in [2.75, 3.05) is 0 Å². The third-order valence-corrected chi connectivity index (χ3v) is 22.4. The molecule has 44 heavy (non-hydrogen) atoms. The first kappa shape index (κ1) is 34.7. The van der Waals surface area contributed by atoms with E-state index in [0.29, 0.717) is 11.8 Å². The van der Waals surface area contributed by atoms with Gasteiger partial charge in [-0.15, -0.1) is 0 Å². The van der Waals surface area contributed by atoms with Gasteiger partial charge in [-0.05, 0) is 125 Å². The SMILES string of the molecule is O=S(=O)(C1CCC(C2CCCCC2)CC1)C1CC(C2CCC(Br)C(S(=O)(=O)C3CCC(C4CCCCC4)CC3)C2)CCC1Br. The highest BCUT2D eigenvalue weighted by Gasteiger charge is 2.48. The maximum Gasteiger partial charge on any atom is 0.157 e. The van der Waals surface area contributed by atoms with Crippen LogP contribution in [0.2, 0.25) is 0 Å². The molecule has 4 nitrogen and oxygen atoms in total. The third kappa shape index (κ3) is 7.68. The molecule has 0 heterocycles. The van der Waals surface area contributed by atoms with Crippen LogP contribution in [-0.2, 0) is 19.7 Å². The number of sulfone groups is 2. The van der Waals surface area contributed by atoms with Crippen LogP contribution in [0.1, 0.15) is 154 Å². The standard InChI is InChI=1S/C36H60Br2O4S2/c37-33-21-15-29(23-35(33)43(39,40)31-17-11-27(12-18-31)25-7-3-1-4-8-25)30-16-22-34(38)36(24-30)44(41,42)32-19-13-28(14-20-32)26-9-5-2-6-10-26/h25-36H,1-24H2. The van der Waals surface area contributed by atoms with Gasteiger partial charge < -0.3 is 0 Å². The van der Waals surface area contributed by atoms with Crippen LogP contribution < -0.4 is 0 Å². The minimum absolute atomic E-state index is 0.0335. The summed E-state index contributed by atoms with van der Waals surface area (Å²) in [6.45, 7) is 0. The molecule has 0 amide bonds. The zero-order valence-electron chi connectivity index (χ0n) is 27.1. The van der Waals surface area contributed by atoms with Crippen LogP contribution >= 0.6 is 31.9 Å². The summed E-state index contributed by atoms with van der Waals surface area (Å²) in [5.74, 6) is 3.78. The molecule has 0 spiro atoms. The van der Waals surface area contributed by atoms with Gasteiger partial charge in [0.15, 0.2) is 19.7 Å². The lowest BCUT2D eigenvalue weighted by Gasteiger charge is -2.44. The second-order valence-corrected chi connectivity index (χ2v) is 23.6. The minimum atomic E-state index is -3.22. The van der Waals surface area contributed by atoms with E-state index in [1.54, 1.807) is 0 Å². The first-order valence-corrected chi connectivity index (χ1v) is 23.9. The van der Waals surface area contributed by atoms with Crippen LogP contribution in [-0.4, -0.2) is 47.5 Å². The van der Waals surface area contributed by atoms with E-state index in [2.05, 4.69) is 31.9 Å². The maximum absolute atomic E-state index is 14.2. The van der Waals surface area contributed by atoms with Crippen molar-refractivity contribution in [3.05, 3.63) is 0 Å². The van der Waals surface area contributed by atoms with Gasteiger partial charge in [0.05, 0.1) is 21.0 Å². The van der Waals surface area contributed by atoms with Crippen molar-refractivity contribution < 1.29 is 16.8 Å².